The van der Waals surface area contributed by atoms with Crippen molar-refractivity contribution in [3.63, 3.8) is 0 Å². The minimum atomic E-state index is -0.536. The quantitative estimate of drug-likeness (QED) is 0.164. The van der Waals surface area contributed by atoms with Crippen molar-refractivity contribution in [1.29, 1.82) is 0 Å². The molecular formula is C65H58F2N2. The molecule has 4 heteroatoms. The molecule has 0 amide bonds. The van der Waals surface area contributed by atoms with Crippen molar-refractivity contribution in [3.8, 4) is 33.4 Å². The fraction of sp³-hybridized carbons (Fsp3) is 0.262. The summed E-state index contributed by atoms with van der Waals surface area (Å²) in [6.45, 7) is 9.72. The van der Waals surface area contributed by atoms with Gasteiger partial charge in [-0.15, -0.1) is 0 Å². The van der Waals surface area contributed by atoms with Crippen molar-refractivity contribution in [3.05, 3.63) is 227 Å². The molecule has 13 rings (SSSR count). The zero-order valence-corrected chi connectivity index (χ0v) is 40.1. The van der Waals surface area contributed by atoms with Crippen LogP contribution in [0.3, 0.4) is 0 Å². The number of anilines is 4. The molecule has 8 aromatic carbocycles. The SMILES string of the molecule is CC12CCCCC1(C)N(c1cccc(F)c1)c1ccc(-c3ccc4c(c3)-c3cc(-c5ccc6c(c5)C5(C)CCCCC5(C)N6c5cccc(F)c5)ccc3C4(c3ccccc3)c3ccccc3)cc12. The van der Waals surface area contributed by atoms with Crippen LogP contribution in [0.25, 0.3) is 33.4 Å². The first-order valence-corrected chi connectivity index (χ1v) is 25.3. The molecule has 2 saturated carbocycles. The zero-order valence-electron chi connectivity index (χ0n) is 40.1. The number of fused-ring (bicyclic) bond motifs is 9. The van der Waals surface area contributed by atoms with Gasteiger partial charge in [-0.25, -0.2) is 8.78 Å². The van der Waals surface area contributed by atoms with Crippen LogP contribution in [-0.4, -0.2) is 11.1 Å². The number of hydrogen-bond acceptors (Lipinski definition) is 2. The van der Waals surface area contributed by atoms with Crippen molar-refractivity contribution < 1.29 is 8.78 Å². The molecule has 342 valence electrons. The summed E-state index contributed by atoms with van der Waals surface area (Å²) in [7, 11) is 0. The second-order valence-corrected chi connectivity index (χ2v) is 21.7. The van der Waals surface area contributed by atoms with E-state index in [0.29, 0.717) is 0 Å². The molecule has 0 N–H and O–H groups in total. The van der Waals surface area contributed by atoms with Crippen LogP contribution in [0.4, 0.5) is 31.5 Å². The molecule has 0 bridgehead atoms. The van der Waals surface area contributed by atoms with Gasteiger partial charge in [-0.3, -0.25) is 0 Å². The second-order valence-electron chi connectivity index (χ2n) is 21.7. The lowest BCUT2D eigenvalue weighted by atomic mass is 9.61. The summed E-state index contributed by atoms with van der Waals surface area (Å²) in [5.74, 6) is -0.403. The Morgan fingerprint density at radius 3 is 1.17 bits per heavy atom. The van der Waals surface area contributed by atoms with Crippen LogP contribution in [-0.2, 0) is 16.2 Å². The Morgan fingerprint density at radius 1 is 0.362 bits per heavy atom. The predicted molar refractivity (Wildman–Crippen MR) is 280 cm³/mol. The summed E-state index contributed by atoms with van der Waals surface area (Å²) < 4.78 is 29.8. The fourth-order valence-electron chi connectivity index (χ4n) is 14.7. The Labute approximate surface area is 406 Å². The highest BCUT2D eigenvalue weighted by molar-refractivity contribution is 5.92. The minimum absolute atomic E-state index is 0.104. The maximum atomic E-state index is 14.9. The zero-order chi connectivity index (χ0) is 46.9. The Kier molecular flexibility index (Phi) is 9.27. The van der Waals surface area contributed by atoms with E-state index in [2.05, 4.69) is 183 Å². The molecule has 0 radical (unpaired) electrons. The number of hydrogen-bond donors (Lipinski definition) is 0. The minimum Gasteiger partial charge on any atom is -0.334 e. The molecule has 4 atom stereocenters. The Bertz CT molecular complexity index is 3140. The van der Waals surface area contributed by atoms with Crippen LogP contribution in [0.2, 0.25) is 0 Å². The van der Waals surface area contributed by atoms with E-state index >= 15 is 0 Å². The molecule has 5 aliphatic rings. The fourth-order valence-corrected chi connectivity index (χ4v) is 14.7. The summed E-state index contributed by atoms with van der Waals surface area (Å²) in [6.07, 6.45) is 8.97. The highest BCUT2D eigenvalue weighted by Gasteiger charge is 2.59. The van der Waals surface area contributed by atoms with Gasteiger partial charge in [0.25, 0.3) is 0 Å². The third kappa shape index (κ3) is 5.75. The van der Waals surface area contributed by atoms with Crippen LogP contribution >= 0.6 is 0 Å². The van der Waals surface area contributed by atoms with E-state index in [-0.39, 0.29) is 33.5 Å². The molecule has 2 heterocycles. The smallest absolute Gasteiger partial charge is 0.125 e. The van der Waals surface area contributed by atoms with E-state index in [1.54, 1.807) is 24.3 Å². The Balaban J connectivity index is 0.994. The van der Waals surface area contributed by atoms with Gasteiger partial charge in [0, 0.05) is 33.6 Å². The number of halogens is 2. The second kappa shape index (κ2) is 15.1. The molecule has 0 aromatic heterocycles. The average Bonchev–Trinajstić information content (AvgIpc) is 3.87. The summed E-state index contributed by atoms with van der Waals surface area (Å²) in [5.41, 5.74) is 18.2. The van der Waals surface area contributed by atoms with Crippen molar-refractivity contribution in [2.75, 3.05) is 9.80 Å². The number of nitrogens with zero attached hydrogens (tertiary/aromatic N) is 2. The lowest BCUT2D eigenvalue weighted by Crippen LogP contribution is -2.54. The maximum Gasteiger partial charge on any atom is 0.125 e. The summed E-state index contributed by atoms with van der Waals surface area (Å²) >= 11 is 0. The molecule has 8 aromatic rings. The van der Waals surface area contributed by atoms with E-state index in [9.17, 15) is 8.78 Å². The Morgan fingerprint density at radius 2 is 0.754 bits per heavy atom. The molecule has 4 unspecified atom stereocenters. The predicted octanol–water partition coefficient (Wildman–Crippen LogP) is 17.1. The van der Waals surface area contributed by atoms with Gasteiger partial charge in [0.1, 0.15) is 11.6 Å². The van der Waals surface area contributed by atoms with Crippen LogP contribution in [0.1, 0.15) is 112 Å². The van der Waals surface area contributed by atoms with Crippen LogP contribution in [0.15, 0.2) is 182 Å². The average molecular weight is 905 g/mol. The third-order valence-electron chi connectivity index (χ3n) is 18.6. The number of benzene rings is 8. The lowest BCUT2D eigenvalue weighted by Gasteiger charge is -2.50. The molecule has 2 aliphatic heterocycles. The molecular weight excluding hydrogens is 847 g/mol. The Hall–Kier alpha value is -6.78. The van der Waals surface area contributed by atoms with Crippen molar-refractivity contribution >= 4 is 22.7 Å². The molecule has 0 saturated heterocycles. The van der Waals surface area contributed by atoms with Crippen LogP contribution < -0.4 is 9.80 Å². The normalized spacial score (nSPS) is 24.8. The standard InChI is InChI=1S/C65H58F2N2/c1-61-33-11-13-35-63(61,3)68(51-23-15-21-49(66)41-51)59-31-27-45(39-57(59)61)43-25-29-55-53(37-43)54-38-44(26-30-56(54)65(55,47-17-7-5-8-18-47)48-19-9-6-10-20-48)46-28-32-60-58(40-46)62(2)34-12-14-36-64(62,4)69(60)52-24-16-22-50(67)42-52/h5-10,15-32,37-42H,11-14,33-36H2,1-4H3. The molecule has 2 fully saturated rings. The van der Waals surface area contributed by atoms with Crippen molar-refractivity contribution in [1.82, 2.24) is 0 Å². The lowest BCUT2D eigenvalue weighted by molar-refractivity contribution is 0.195. The van der Waals surface area contributed by atoms with Gasteiger partial charge < -0.3 is 9.80 Å². The third-order valence-corrected chi connectivity index (χ3v) is 18.6. The van der Waals surface area contributed by atoms with Gasteiger partial charge in [-0.2, -0.15) is 0 Å². The maximum absolute atomic E-state index is 14.9. The summed E-state index contributed by atoms with van der Waals surface area (Å²) in [6, 6.07) is 65.0. The van der Waals surface area contributed by atoms with Crippen molar-refractivity contribution in [2.24, 2.45) is 0 Å². The molecule has 69 heavy (non-hydrogen) atoms. The first-order valence-electron chi connectivity index (χ1n) is 25.3. The van der Waals surface area contributed by atoms with E-state index in [1.165, 1.54) is 91.0 Å². The summed E-state index contributed by atoms with van der Waals surface area (Å²) in [4.78, 5) is 4.91. The topological polar surface area (TPSA) is 6.48 Å². The van der Waals surface area contributed by atoms with Gasteiger partial charge in [0.15, 0.2) is 0 Å². The molecule has 2 nitrogen and oxygen atoms in total. The van der Waals surface area contributed by atoms with E-state index < -0.39 is 5.41 Å². The highest BCUT2D eigenvalue weighted by Crippen LogP contribution is 2.64. The van der Waals surface area contributed by atoms with Gasteiger partial charge in [0.2, 0.25) is 0 Å². The largest absolute Gasteiger partial charge is 0.334 e. The first-order chi connectivity index (χ1) is 33.5. The van der Waals surface area contributed by atoms with Gasteiger partial charge in [0.05, 0.1) is 16.5 Å². The van der Waals surface area contributed by atoms with Gasteiger partial charge in [-0.05, 0) is 179 Å². The van der Waals surface area contributed by atoms with Crippen molar-refractivity contribution in [2.45, 2.75) is 106 Å². The van der Waals surface area contributed by atoms with E-state index in [1.807, 2.05) is 12.1 Å². The first kappa shape index (κ1) is 42.3. The molecule has 0 spiro atoms. The monoisotopic (exact) mass is 904 g/mol. The van der Waals surface area contributed by atoms with E-state index in [4.69, 9.17) is 0 Å². The molecule has 3 aliphatic carbocycles. The highest BCUT2D eigenvalue weighted by atomic mass is 19.1. The van der Waals surface area contributed by atoms with E-state index in [0.717, 1.165) is 49.9 Å². The summed E-state index contributed by atoms with van der Waals surface area (Å²) in [5, 5.41) is 0. The van der Waals surface area contributed by atoms with Crippen LogP contribution in [0, 0.1) is 11.6 Å². The van der Waals surface area contributed by atoms with Gasteiger partial charge >= 0.3 is 0 Å². The van der Waals surface area contributed by atoms with Gasteiger partial charge in [-0.1, -0.05) is 149 Å². The van der Waals surface area contributed by atoms with Crippen LogP contribution in [0.5, 0.6) is 0 Å². The number of rotatable bonds is 6.